The van der Waals surface area contributed by atoms with Gasteiger partial charge in [0.25, 0.3) is 5.91 Å². The van der Waals surface area contributed by atoms with Crippen LogP contribution in [0.5, 0.6) is 5.75 Å². The lowest BCUT2D eigenvalue weighted by Crippen LogP contribution is -2.37. The van der Waals surface area contributed by atoms with E-state index in [-0.39, 0.29) is 11.5 Å². The highest BCUT2D eigenvalue weighted by Gasteiger charge is 2.22. The number of aryl methyl sites for hydroxylation is 2. The molecule has 1 unspecified atom stereocenters. The van der Waals surface area contributed by atoms with Gasteiger partial charge in [-0.05, 0) is 74.4 Å². The fourth-order valence-corrected chi connectivity index (χ4v) is 4.08. The van der Waals surface area contributed by atoms with Crippen LogP contribution in [0.3, 0.4) is 0 Å². The fourth-order valence-electron chi connectivity index (χ4n) is 4.08. The van der Waals surface area contributed by atoms with Crippen molar-refractivity contribution in [3.8, 4) is 5.75 Å². The van der Waals surface area contributed by atoms with Crippen molar-refractivity contribution in [1.29, 1.82) is 0 Å². The highest BCUT2D eigenvalue weighted by Crippen LogP contribution is 2.29. The predicted molar refractivity (Wildman–Crippen MR) is 115 cm³/mol. The van der Waals surface area contributed by atoms with Gasteiger partial charge < -0.3 is 14.1 Å². The van der Waals surface area contributed by atoms with Gasteiger partial charge in [-0.15, -0.1) is 0 Å². The summed E-state index contributed by atoms with van der Waals surface area (Å²) < 4.78 is 11.4. The van der Waals surface area contributed by atoms with Gasteiger partial charge in [0.05, 0.1) is 0 Å². The molecule has 1 atom stereocenters. The van der Waals surface area contributed by atoms with Crippen LogP contribution in [0.1, 0.15) is 42.0 Å². The number of carbonyl (C=O) groups excluding carboxylic acids is 1. The van der Waals surface area contributed by atoms with Gasteiger partial charge >= 0.3 is 5.63 Å². The lowest BCUT2D eigenvalue weighted by molar-refractivity contribution is -0.137. The zero-order valence-corrected chi connectivity index (χ0v) is 17.6. The Bertz CT molecular complexity index is 1150. The molecule has 0 saturated heterocycles. The van der Waals surface area contributed by atoms with E-state index in [0.29, 0.717) is 17.9 Å². The zero-order valence-electron chi connectivity index (χ0n) is 17.6. The average molecular weight is 406 g/mol. The molecule has 1 aromatic carbocycles. The maximum absolute atomic E-state index is 12.8. The Morgan fingerprint density at radius 1 is 1.23 bits per heavy atom. The summed E-state index contributed by atoms with van der Waals surface area (Å²) in [5.41, 5.74) is 4.24. The molecule has 0 radical (unpaired) electrons. The van der Waals surface area contributed by atoms with Gasteiger partial charge in [-0.25, -0.2) is 4.79 Å². The number of nitrogens with zero attached hydrogens (tertiary/aromatic N) is 2. The number of ether oxygens (including phenoxy) is 1. The Hall–Kier alpha value is -3.15. The van der Waals surface area contributed by atoms with E-state index in [1.807, 2.05) is 25.1 Å². The minimum absolute atomic E-state index is 0.127. The number of benzene rings is 1. The van der Waals surface area contributed by atoms with Crippen molar-refractivity contribution in [2.24, 2.45) is 0 Å². The molecule has 1 amide bonds. The second kappa shape index (κ2) is 8.30. The number of pyridine rings is 1. The first-order valence-corrected chi connectivity index (χ1v) is 10.3. The Morgan fingerprint density at radius 2 is 2.00 bits per heavy atom. The van der Waals surface area contributed by atoms with Crippen LogP contribution in [0.25, 0.3) is 11.0 Å². The van der Waals surface area contributed by atoms with Crippen LogP contribution >= 0.6 is 0 Å². The van der Waals surface area contributed by atoms with Gasteiger partial charge in [0.2, 0.25) is 0 Å². The number of amides is 1. The van der Waals surface area contributed by atoms with Crippen molar-refractivity contribution in [1.82, 2.24) is 9.88 Å². The largest absolute Gasteiger partial charge is 0.481 e. The Balaban J connectivity index is 1.51. The molecule has 2 heterocycles. The molecule has 30 heavy (non-hydrogen) atoms. The third-order valence-corrected chi connectivity index (χ3v) is 5.78. The van der Waals surface area contributed by atoms with Gasteiger partial charge in [-0.2, -0.15) is 0 Å². The van der Waals surface area contributed by atoms with Crippen LogP contribution in [0.15, 0.2) is 45.9 Å². The molecule has 6 nitrogen and oxygen atoms in total. The second-order valence-corrected chi connectivity index (χ2v) is 7.97. The number of hydrogen-bond donors (Lipinski definition) is 0. The molecular formula is C24H26N2O4. The monoisotopic (exact) mass is 406 g/mol. The quantitative estimate of drug-likeness (QED) is 0.603. The highest BCUT2D eigenvalue weighted by atomic mass is 16.5. The average Bonchev–Trinajstić information content (AvgIpc) is 2.75. The van der Waals surface area contributed by atoms with Gasteiger partial charge in [0.15, 0.2) is 6.10 Å². The van der Waals surface area contributed by atoms with E-state index in [0.717, 1.165) is 53.3 Å². The molecular weight excluding hydrogens is 380 g/mol. The first-order valence-electron chi connectivity index (χ1n) is 10.3. The molecule has 0 bridgehead atoms. The third-order valence-electron chi connectivity index (χ3n) is 5.78. The molecule has 1 aliphatic rings. The summed E-state index contributed by atoms with van der Waals surface area (Å²) in [7, 11) is 1.76. The number of hydrogen-bond acceptors (Lipinski definition) is 5. The zero-order chi connectivity index (χ0) is 21.3. The molecule has 0 N–H and O–H groups in total. The van der Waals surface area contributed by atoms with E-state index in [2.05, 4.69) is 4.98 Å². The van der Waals surface area contributed by atoms with Crippen molar-refractivity contribution in [2.45, 2.75) is 52.2 Å². The van der Waals surface area contributed by atoms with E-state index >= 15 is 0 Å². The van der Waals surface area contributed by atoms with Crippen molar-refractivity contribution in [3.63, 3.8) is 0 Å². The maximum Gasteiger partial charge on any atom is 0.339 e. The third kappa shape index (κ3) is 3.95. The predicted octanol–water partition coefficient (Wildman–Crippen LogP) is 3.80. The smallest absolute Gasteiger partial charge is 0.339 e. The lowest BCUT2D eigenvalue weighted by Gasteiger charge is -2.23. The van der Waals surface area contributed by atoms with Crippen molar-refractivity contribution >= 4 is 16.9 Å². The summed E-state index contributed by atoms with van der Waals surface area (Å²) in [5, 5.41) is 0.959. The highest BCUT2D eigenvalue weighted by molar-refractivity contribution is 5.83. The van der Waals surface area contributed by atoms with Crippen LogP contribution in [-0.2, 0) is 24.2 Å². The van der Waals surface area contributed by atoms with Crippen LogP contribution in [0.2, 0.25) is 0 Å². The molecule has 3 aromatic rings. The second-order valence-electron chi connectivity index (χ2n) is 7.97. The summed E-state index contributed by atoms with van der Waals surface area (Å²) >= 11 is 0. The summed E-state index contributed by atoms with van der Waals surface area (Å²) in [6, 6.07) is 7.39. The van der Waals surface area contributed by atoms with Gasteiger partial charge in [-0.3, -0.25) is 9.78 Å². The summed E-state index contributed by atoms with van der Waals surface area (Å²) in [6.45, 7) is 4.19. The Kier molecular flexibility index (Phi) is 5.57. The fraction of sp³-hybridized carbons (Fsp3) is 0.375. The Morgan fingerprint density at radius 3 is 2.77 bits per heavy atom. The van der Waals surface area contributed by atoms with Crippen molar-refractivity contribution < 1.29 is 13.9 Å². The summed E-state index contributed by atoms with van der Waals surface area (Å²) in [5.74, 6) is 0.383. The van der Waals surface area contributed by atoms with Gasteiger partial charge in [0.1, 0.15) is 11.3 Å². The molecule has 156 valence electrons. The molecule has 0 fully saturated rings. The molecule has 1 aliphatic carbocycles. The van der Waals surface area contributed by atoms with E-state index in [1.165, 1.54) is 0 Å². The number of carbonyl (C=O) groups is 1. The number of likely N-dealkylation sites (N-methyl/N-ethyl adjacent to an activating group) is 1. The van der Waals surface area contributed by atoms with Crippen LogP contribution in [0.4, 0.5) is 0 Å². The van der Waals surface area contributed by atoms with Crippen molar-refractivity contribution in [2.75, 3.05) is 7.05 Å². The molecule has 2 aromatic heterocycles. The van der Waals surface area contributed by atoms with Crippen LogP contribution in [0, 0.1) is 6.92 Å². The Labute approximate surface area is 175 Å². The standard InChI is InChI=1S/C24H26N2O4/c1-15-13-25-11-10-17(15)14-26(3)23(27)16(2)29-18-8-9-20-19-6-4-5-7-21(19)24(28)30-22(20)12-18/h8-13,16H,4-7,14H2,1-3H3. The first kappa shape index (κ1) is 20.1. The lowest BCUT2D eigenvalue weighted by atomic mass is 9.91. The van der Waals surface area contributed by atoms with Gasteiger partial charge in [0, 0.05) is 43.0 Å². The van der Waals surface area contributed by atoms with Crippen molar-refractivity contribution in [3.05, 3.63) is 69.3 Å². The minimum Gasteiger partial charge on any atom is -0.481 e. The number of rotatable bonds is 5. The van der Waals surface area contributed by atoms with Crippen LogP contribution in [-0.4, -0.2) is 28.9 Å². The molecule has 0 aliphatic heterocycles. The first-order chi connectivity index (χ1) is 14.4. The van der Waals surface area contributed by atoms with Crippen LogP contribution < -0.4 is 10.4 Å². The van der Waals surface area contributed by atoms with E-state index in [1.54, 1.807) is 37.3 Å². The number of fused-ring (bicyclic) bond motifs is 3. The summed E-state index contributed by atoms with van der Waals surface area (Å²) in [4.78, 5) is 30.9. The maximum atomic E-state index is 12.8. The molecule has 0 spiro atoms. The topological polar surface area (TPSA) is 72.6 Å². The summed E-state index contributed by atoms with van der Waals surface area (Å²) in [6.07, 6.45) is 6.62. The van der Waals surface area contributed by atoms with E-state index < -0.39 is 6.10 Å². The molecule has 6 heteroatoms. The van der Waals surface area contributed by atoms with Gasteiger partial charge in [-0.1, -0.05) is 0 Å². The number of aromatic nitrogens is 1. The normalized spacial score (nSPS) is 14.2. The van der Waals surface area contributed by atoms with E-state index in [4.69, 9.17) is 9.15 Å². The van der Waals surface area contributed by atoms with E-state index in [9.17, 15) is 9.59 Å². The minimum atomic E-state index is -0.668. The molecule has 0 saturated carbocycles. The molecule has 4 rings (SSSR count). The SMILES string of the molecule is Cc1cnccc1CN(C)C(=O)C(C)Oc1ccc2c3c(c(=O)oc2c1)CCCC3.